The Labute approximate surface area is 237 Å². The number of oxime groups is 1. The normalized spacial score (nSPS) is 14.1. The monoisotopic (exact) mass is 549 g/mol. The second-order valence-corrected chi connectivity index (χ2v) is 11.7. The molecular weight excluding hydrogens is 506 g/mol. The third-order valence-electron chi connectivity index (χ3n) is 7.40. The first-order chi connectivity index (χ1) is 19.2. The molecule has 3 N–H and O–H groups in total. The number of ether oxygens (including phenoxy) is 2. The Morgan fingerprint density at radius 3 is 2.18 bits per heavy atom. The maximum absolute atomic E-state index is 8.74. The van der Waals surface area contributed by atoms with Crippen LogP contribution in [0.2, 0.25) is 0 Å². The highest BCUT2D eigenvalue weighted by Gasteiger charge is 2.20. The number of benzene rings is 2. The van der Waals surface area contributed by atoms with Crippen LogP contribution in [-0.4, -0.2) is 29.2 Å². The van der Waals surface area contributed by atoms with Gasteiger partial charge in [-0.15, -0.1) is 11.3 Å². The van der Waals surface area contributed by atoms with Gasteiger partial charge in [0.2, 0.25) is 0 Å². The Morgan fingerprint density at radius 2 is 1.56 bits per heavy atom. The molecule has 0 amide bonds. The Hall–Kier alpha value is -3.06. The van der Waals surface area contributed by atoms with Crippen molar-refractivity contribution < 1.29 is 14.7 Å². The fraction of sp³-hybridized carbons (Fsp3) is 0.500. The molecule has 0 unspecified atom stereocenters. The maximum Gasteiger partial charge on any atom is 0.170 e. The predicted molar refractivity (Wildman–Crippen MR) is 160 cm³/mol. The van der Waals surface area contributed by atoms with E-state index < -0.39 is 0 Å². The number of nitrogens with two attached hydrogens (primary N) is 1. The molecule has 1 aromatic heterocycles. The van der Waals surface area contributed by atoms with Gasteiger partial charge in [0.25, 0.3) is 0 Å². The predicted octanol–water partition coefficient (Wildman–Crippen LogP) is 8.00. The van der Waals surface area contributed by atoms with E-state index in [0.717, 1.165) is 43.1 Å². The van der Waals surface area contributed by atoms with Gasteiger partial charge in [0, 0.05) is 16.0 Å². The number of aromatic nitrogens is 1. The molecule has 4 rings (SSSR count). The lowest BCUT2D eigenvalue weighted by molar-refractivity contribution is 0.279. The summed E-state index contributed by atoms with van der Waals surface area (Å²) in [4.78, 5) is 6.59. The number of unbranched alkanes of at least 4 members (excludes halogenated alkanes) is 4. The van der Waals surface area contributed by atoms with Gasteiger partial charge in [-0.3, -0.25) is 0 Å². The van der Waals surface area contributed by atoms with Crippen LogP contribution in [0.1, 0.15) is 86.6 Å². The van der Waals surface area contributed by atoms with Crippen molar-refractivity contribution in [1.82, 2.24) is 4.98 Å². The summed E-state index contributed by atoms with van der Waals surface area (Å²) in [5.74, 6) is 2.61. The topological polar surface area (TPSA) is 90.0 Å². The summed E-state index contributed by atoms with van der Waals surface area (Å²) in [5.41, 5.74) is 8.66. The average molecular weight is 550 g/mol. The lowest BCUT2D eigenvalue weighted by atomic mass is 10.0. The molecule has 0 spiro atoms. The van der Waals surface area contributed by atoms with Crippen LogP contribution in [0.15, 0.2) is 53.7 Å². The van der Waals surface area contributed by atoms with Crippen molar-refractivity contribution in [3.8, 4) is 22.8 Å². The first-order valence-corrected chi connectivity index (χ1v) is 15.4. The third-order valence-corrected chi connectivity index (χ3v) is 8.53. The molecule has 1 saturated carbocycles. The number of hydrogen-bond donors (Lipinski definition) is 2. The number of amidine groups is 1. The highest BCUT2D eigenvalue weighted by Crippen LogP contribution is 2.36. The number of nitrogens with zero attached hydrogens (tertiary/aromatic N) is 2. The lowest BCUT2D eigenvalue weighted by Gasteiger charge is -2.10. The van der Waals surface area contributed by atoms with Gasteiger partial charge in [-0.1, -0.05) is 50.6 Å². The molecule has 39 heavy (non-hydrogen) atoms. The van der Waals surface area contributed by atoms with Crippen LogP contribution in [-0.2, 0) is 12.8 Å². The molecule has 2 aromatic carbocycles. The molecule has 1 aliphatic rings. The Kier molecular flexibility index (Phi) is 11.5. The third kappa shape index (κ3) is 8.99. The van der Waals surface area contributed by atoms with E-state index in [2.05, 4.69) is 36.3 Å². The van der Waals surface area contributed by atoms with E-state index in [1.807, 2.05) is 23.5 Å². The van der Waals surface area contributed by atoms with Gasteiger partial charge in [0.05, 0.1) is 23.9 Å². The summed E-state index contributed by atoms with van der Waals surface area (Å²) < 4.78 is 11.8. The van der Waals surface area contributed by atoms with Crippen molar-refractivity contribution in [2.45, 2.75) is 84.0 Å². The van der Waals surface area contributed by atoms with Crippen molar-refractivity contribution in [1.29, 1.82) is 0 Å². The molecule has 6 nitrogen and oxygen atoms in total. The Morgan fingerprint density at radius 1 is 0.923 bits per heavy atom. The summed E-state index contributed by atoms with van der Waals surface area (Å²) in [5, 5.41) is 13.0. The number of rotatable bonds is 16. The van der Waals surface area contributed by atoms with E-state index >= 15 is 0 Å². The molecule has 0 radical (unpaired) electrons. The summed E-state index contributed by atoms with van der Waals surface area (Å²) in [6, 6.07) is 15.8. The molecule has 0 aliphatic heterocycles. The first-order valence-electron chi connectivity index (χ1n) is 14.6. The van der Waals surface area contributed by atoms with Crippen LogP contribution in [0.4, 0.5) is 0 Å². The van der Waals surface area contributed by atoms with E-state index in [-0.39, 0.29) is 5.84 Å². The lowest BCUT2D eigenvalue weighted by Crippen LogP contribution is -2.12. The molecule has 7 heteroatoms. The van der Waals surface area contributed by atoms with Gasteiger partial charge in [0.1, 0.15) is 11.5 Å². The first kappa shape index (κ1) is 28.9. The molecule has 0 saturated heterocycles. The molecule has 1 heterocycles. The molecule has 0 bridgehead atoms. The molecular formula is C32H43N3O3S. The van der Waals surface area contributed by atoms with Crippen LogP contribution in [0.5, 0.6) is 11.5 Å². The molecule has 3 aromatic rings. The fourth-order valence-corrected chi connectivity index (χ4v) is 6.37. The zero-order valence-corrected chi connectivity index (χ0v) is 24.1. The molecule has 0 atom stereocenters. The average Bonchev–Trinajstić information content (AvgIpc) is 3.63. The summed E-state index contributed by atoms with van der Waals surface area (Å²) in [6.45, 7) is 3.60. The fourth-order valence-electron chi connectivity index (χ4n) is 5.12. The Balaban J connectivity index is 1.20. The minimum absolute atomic E-state index is 0.0929. The van der Waals surface area contributed by atoms with Crippen LogP contribution >= 0.6 is 11.3 Å². The van der Waals surface area contributed by atoms with E-state index in [4.69, 9.17) is 25.4 Å². The van der Waals surface area contributed by atoms with E-state index in [1.54, 1.807) is 12.1 Å². The van der Waals surface area contributed by atoms with Gasteiger partial charge in [-0.25, -0.2) is 4.98 Å². The minimum Gasteiger partial charge on any atom is -0.494 e. The SMILES string of the molecule is CCCCCc1nc(-c2ccc(OCCCCCOc3ccc(/C(N)=N/O)cc3)cc2)c(CC2CCCC2)s1. The number of thiazole rings is 1. The summed E-state index contributed by atoms with van der Waals surface area (Å²) in [7, 11) is 0. The number of aryl methyl sites for hydroxylation is 1. The van der Waals surface area contributed by atoms with Crippen LogP contribution < -0.4 is 15.2 Å². The van der Waals surface area contributed by atoms with Crippen molar-refractivity contribution >= 4 is 17.2 Å². The van der Waals surface area contributed by atoms with Gasteiger partial charge < -0.3 is 20.4 Å². The summed E-state index contributed by atoms with van der Waals surface area (Å²) >= 11 is 1.95. The van der Waals surface area contributed by atoms with Gasteiger partial charge in [-0.05, 0) is 93.0 Å². The van der Waals surface area contributed by atoms with Crippen molar-refractivity contribution in [2.24, 2.45) is 16.8 Å². The largest absolute Gasteiger partial charge is 0.494 e. The summed E-state index contributed by atoms with van der Waals surface area (Å²) in [6.07, 6.45) is 14.5. The molecule has 1 fully saturated rings. The number of hydrogen-bond acceptors (Lipinski definition) is 6. The highest BCUT2D eigenvalue weighted by molar-refractivity contribution is 7.12. The van der Waals surface area contributed by atoms with E-state index in [0.29, 0.717) is 18.8 Å². The minimum atomic E-state index is 0.0929. The maximum atomic E-state index is 8.74. The van der Waals surface area contributed by atoms with Crippen LogP contribution in [0, 0.1) is 5.92 Å². The van der Waals surface area contributed by atoms with Crippen molar-refractivity contribution in [3.63, 3.8) is 0 Å². The highest BCUT2D eigenvalue weighted by atomic mass is 32.1. The molecule has 210 valence electrons. The van der Waals surface area contributed by atoms with Crippen molar-refractivity contribution in [2.75, 3.05) is 13.2 Å². The zero-order chi connectivity index (χ0) is 27.3. The van der Waals surface area contributed by atoms with Gasteiger partial charge in [-0.2, -0.15) is 0 Å². The van der Waals surface area contributed by atoms with Crippen molar-refractivity contribution in [3.05, 3.63) is 64.0 Å². The second kappa shape index (κ2) is 15.5. The second-order valence-electron chi connectivity index (χ2n) is 10.5. The van der Waals surface area contributed by atoms with Crippen LogP contribution in [0.3, 0.4) is 0 Å². The standard InChI is InChI=1S/C32H43N3O3S/c1-2-3-5-12-30-34-31(29(39-30)23-24-10-6-7-11-24)25-13-17-27(18-14-25)37-21-8-4-9-22-38-28-19-15-26(16-20-28)32(33)35-36/h13-20,24,36H,2-12,21-23H2,1H3,(H2,33,35). The zero-order valence-electron chi connectivity index (χ0n) is 23.2. The smallest absolute Gasteiger partial charge is 0.170 e. The van der Waals surface area contributed by atoms with E-state index in [9.17, 15) is 0 Å². The quantitative estimate of drug-likeness (QED) is 0.0621. The van der Waals surface area contributed by atoms with Gasteiger partial charge >= 0.3 is 0 Å². The Bertz CT molecular complexity index is 1150. The van der Waals surface area contributed by atoms with E-state index in [1.165, 1.54) is 72.5 Å². The molecule has 1 aliphatic carbocycles. The van der Waals surface area contributed by atoms with Crippen LogP contribution in [0.25, 0.3) is 11.3 Å². The van der Waals surface area contributed by atoms with Gasteiger partial charge in [0.15, 0.2) is 5.84 Å².